The van der Waals surface area contributed by atoms with Crippen molar-refractivity contribution in [3.63, 3.8) is 0 Å². The van der Waals surface area contributed by atoms with Crippen molar-refractivity contribution < 1.29 is 14.6 Å². The summed E-state index contributed by atoms with van der Waals surface area (Å²) in [5.41, 5.74) is 1.17. The second-order valence-corrected chi connectivity index (χ2v) is 4.85. The van der Waals surface area contributed by atoms with Crippen LogP contribution in [0.4, 0.5) is 0 Å². The third kappa shape index (κ3) is 2.64. The van der Waals surface area contributed by atoms with Gasteiger partial charge in [0.15, 0.2) is 0 Å². The number of rotatable bonds is 5. The number of nitrogens with zero attached hydrogens (tertiary/aromatic N) is 1. The molecule has 1 unspecified atom stereocenters. The topological polar surface area (TPSA) is 49.8 Å². The molecule has 1 aliphatic rings. The maximum Gasteiger partial charge on any atom is 0.309 e. The summed E-state index contributed by atoms with van der Waals surface area (Å²) >= 11 is 0. The van der Waals surface area contributed by atoms with Crippen molar-refractivity contribution in [2.75, 3.05) is 20.2 Å². The highest BCUT2D eigenvalue weighted by Gasteiger charge is 2.35. The van der Waals surface area contributed by atoms with Crippen LogP contribution in [0, 0.1) is 5.92 Å². The van der Waals surface area contributed by atoms with Crippen molar-refractivity contribution >= 4 is 5.97 Å². The van der Waals surface area contributed by atoms with Crippen LogP contribution in [0.15, 0.2) is 24.3 Å². The lowest BCUT2D eigenvalue weighted by molar-refractivity contribution is -0.148. The summed E-state index contributed by atoms with van der Waals surface area (Å²) in [5.74, 6) is 0.0283. The first kappa shape index (κ1) is 12.9. The molecule has 1 N–H and O–H groups in total. The highest BCUT2D eigenvalue weighted by Crippen LogP contribution is 2.24. The normalized spacial score (nSPS) is 18.1. The molecule has 0 spiro atoms. The molecule has 0 radical (unpaired) electrons. The highest BCUT2D eigenvalue weighted by molar-refractivity contribution is 5.71. The first-order valence-corrected chi connectivity index (χ1v) is 6.20. The summed E-state index contributed by atoms with van der Waals surface area (Å²) in [4.78, 5) is 13.0. The monoisotopic (exact) mass is 249 g/mol. The van der Waals surface area contributed by atoms with Gasteiger partial charge in [0.2, 0.25) is 0 Å². The number of carbonyl (C=O) groups is 1. The van der Waals surface area contributed by atoms with Gasteiger partial charge in [-0.15, -0.1) is 0 Å². The lowest BCUT2D eigenvalue weighted by Crippen LogP contribution is -2.54. The number of hydrogen-bond donors (Lipinski definition) is 1. The van der Waals surface area contributed by atoms with E-state index < -0.39 is 5.97 Å². The SMILES string of the molecule is COc1ccccc1CC(C)N1CC(C(=O)O)C1. The summed E-state index contributed by atoms with van der Waals surface area (Å²) in [7, 11) is 1.67. The van der Waals surface area contributed by atoms with Crippen molar-refractivity contribution in [1.82, 2.24) is 4.90 Å². The zero-order chi connectivity index (χ0) is 13.1. The smallest absolute Gasteiger partial charge is 0.309 e. The van der Waals surface area contributed by atoms with Crippen LogP contribution in [0.1, 0.15) is 12.5 Å². The van der Waals surface area contributed by atoms with Crippen LogP contribution in [0.25, 0.3) is 0 Å². The van der Waals surface area contributed by atoms with Gasteiger partial charge >= 0.3 is 5.97 Å². The Morgan fingerprint density at radius 3 is 2.78 bits per heavy atom. The minimum Gasteiger partial charge on any atom is -0.496 e. The molecule has 1 aromatic carbocycles. The molecule has 0 amide bonds. The zero-order valence-corrected chi connectivity index (χ0v) is 10.8. The van der Waals surface area contributed by atoms with E-state index in [1.807, 2.05) is 18.2 Å². The molecule has 0 aromatic heterocycles. The van der Waals surface area contributed by atoms with E-state index in [-0.39, 0.29) is 5.92 Å². The van der Waals surface area contributed by atoms with Gasteiger partial charge in [-0.3, -0.25) is 9.69 Å². The summed E-state index contributed by atoms with van der Waals surface area (Å²) in [6.07, 6.45) is 0.885. The fourth-order valence-electron chi connectivity index (χ4n) is 2.35. The van der Waals surface area contributed by atoms with Gasteiger partial charge in [0.05, 0.1) is 13.0 Å². The average molecular weight is 249 g/mol. The maximum absolute atomic E-state index is 10.8. The van der Waals surface area contributed by atoms with Gasteiger partial charge in [0.25, 0.3) is 0 Å². The van der Waals surface area contributed by atoms with Gasteiger partial charge in [0, 0.05) is 19.1 Å². The molecule has 1 saturated heterocycles. The highest BCUT2D eigenvalue weighted by atomic mass is 16.5. The average Bonchev–Trinajstić information content (AvgIpc) is 2.27. The van der Waals surface area contributed by atoms with Crippen LogP contribution in [0.2, 0.25) is 0 Å². The second kappa shape index (κ2) is 5.40. The van der Waals surface area contributed by atoms with E-state index in [9.17, 15) is 4.79 Å². The number of carboxylic acid groups (broad SMARTS) is 1. The Labute approximate surface area is 107 Å². The van der Waals surface area contributed by atoms with Gasteiger partial charge in [-0.2, -0.15) is 0 Å². The van der Waals surface area contributed by atoms with Crippen molar-refractivity contribution in [2.45, 2.75) is 19.4 Å². The minimum absolute atomic E-state index is 0.190. The summed E-state index contributed by atoms with van der Waals surface area (Å²) in [6.45, 7) is 3.45. The molecule has 1 atom stereocenters. The number of aliphatic carboxylic acids is 1. The molecule has 0 saturated carbocycles. The molecular formula is C14H19NO3. The number of para-hydroxylation sites is 1. The van der Waals surface area contributed by atoms with Crippen molar-refractivity contribution in [3.05, 3.63) is 29.8 Å². The Morgan fingerprint density at radius 2 is 2.17 bits per heavy atom. The number of methoxy groups -OCH3 is 1. The Hall–Kier alpha value is -1.55. The van der Waals surface area contributed by atoms with E-state index in [0.29, 0.717) is 19.1 Å². The lowest BCUT2D eigenvalue weighted by Gasteiger charge is -2.41. The van der Waals surface area contributed by atoms with Gasteiger partial charge in [0.1, 0.15) is 5.75 Å². The van der Waals surface area contributed by atoms with E-state index in [1.165, 1.54) is 5.56 Å². The summed E-state index contributed by atoms with van der Waals surface area (Å²) < 4.78 is 5.32. The van der Waals surface area contributed by atoms with Crippen LogP contribution >= 0.6 is 0 Å². The van der Waals surface area contributed by atoms with Gasteiger partial charge < -0.3 is 9.84 Å². The van der Waals surface area contributed by atoms with Gasteiger partial charge in [-0.25, -0.2) is 0 Å². The van der Waals surface area contributed by atoms with E-state index in [1.54, 1.807) is 7.11 Å². The van der Waals surface area contributed by atoms with Crippen LogP contribution in [0.5, 0.6) is 5.75 Å². The van der Waals surface area contributed by atoms with Crippen LogP contribution < -0.4 is 4.74 Å². The molecule has 0 bridgehead atoms. The predicted molar refractivity (Wildman–Crippen MR) is 68.9 cm³/mol. The molecular weight excluding hydrogens is 230 g/mol. The standard InChI is InChI=1S/C14H19NO3/c1-10(15-8-12(9-15)14(16)17)7-11-5-3-4-6-13(11)18-2/h3-6,10,12H,7-9H2,1-2H3,(H,16,17). The molecule has 4 heteroatoms. The Balaban J connectivity index is 1.92. The molecule has 1 heterocycles. The molecule has 1 aromatic rings. The van der Waals surface area contributed by atoms with Crippen molar-refractivity contribution in [3.8, 4) is 5.75 Å². The number of benzene rings is 1. The maximum atomic E-state index is 10.8. The number of ether oxygens (including phenoxy) is 1. The lowest BCUT2D eigenvalue weighted by atomic mass is 9.95. The van der Waals surface area contributed by atoms with E-state index in [0.717, 1.165) is 12.2 Å². The van der Waals surface area contributed by atoms with E-state index in [2.05, 4.69) is 17.9 Å². The van der Waals surface area contributed by atoms with Crippen LogP contribution in [-0.2, 0) is 11.2 Å². The number of hydrogen-bond acceptors (Lipinski definition) is 3. The quantitative estimate of drug-likeness (QED) is 0.862. The Bertz CT molecular complexity index is 427. The first-order valence-electron chi connectivity index (χ1n) is 6.20. The third-order valence-corrected chi connectivity index (χ3v) is 3.59. The number of likely N-dealkylation sites (tertiary alicyclic amines) is 1. The molecule has 0 aliphatic carbocycles. The number of carboxylic acids is 1. The first-order chi connectivity index (χ1) is 8.61. The van der Waals surface area contributed by atoms with Crippen LogP contribution in [0.3, 0.4) is 0 Å². The second-order valence-electron chi connectivity index (χ2n) is 4.85. The predicted octanol–water partition coefficient (Wildman–Crippen LogP) is 1.64. The third-order valence-electron chi connectivity index (χ3n) is 3.59. The van der Waals surface area contributed by atoms with Gasteiger partial charge in [-0.05, 0) is 25.0 Å². The molecule has 4 nitrogen and oxygen atoms in total. The molecule has 18 heavy (non-hydrogen) atoms. The summed E-state index contributed by atoms with van der Waals surface area (Å²) in [6, 6.07) is 8.32. The van der Waals surface area contributed by atoms with E-state index in [4.69, 9.17) is 9.84 Å². The molecule has 1 aliphatic heterocycles. The Kier molecular flexibility index (Phi) is 3.87. The van der Waals surface area contributed by atoms with Crippen molar-refractivity contribution in [2.24, 2.45) is 5.92 Å². The fraction of sp³-hybridized carbons (Fsp3) is 0.500. The van der Waals surface area contributed by atoms with Crippen molar-refractivity contribution in [1.29, 1.82) is 0 Å². The largest absolute Gasteiger partial charge is 0.496 e. The minimum atomic E-state index is -0.684. The molecule has 1 fully saturated rings. The Morgan fingerprint density at radius 1 is 1.50 bits per heavy atom. The molecule has 2 rings (SSSR count). The fourth-order valence-corrected chi connectivity index (χ4v) is 2.35. The molecule has 98 valence electrons. The van der Waals surface area contributed by atoms with E-state index >= 15 is 0 Å². The van der Waals surface area contributed by atoms with Crippen LogP contribution in [-0.4, -0.2) is 42.2 Å². The summed E-state index contributed by atoms with van der Waals surface area (Å²) in [5, 5.41) is 8.86. The zero-order valence-electron chi connectivity index (χ0n) is 10.8. The van der Waals surface area contributed by atoms with Gasteiger partial charge in [-0.1, -0.05) is 18.2 Å².